The average Bonchev–Trinajstić information content (AvgIpc) is 3.25. The highest BCUT2D eigenvalue weighted by molar-refractivity contribution is 7.09. The Bertz CT molecular complexity index is 1030. The summed E-state index contributed by atoms with van der Waals surface area (Å²) in [6, 6.07) is 3.54. The SMILES string of the molecule is CCN(Cc1ccco1)C(=O)c1snc2c(=O)n(CC(C)C)c(=O)[nH]c12. The fraction of sp³-hybridized carbons (Fsp3) is 0.412. The number of H-pyrrole nitrogens is 1. The highest BCUT2D eigenvalue weighted by Gasteiger charge is 2.24. The van der Waals surface area contributed by atoms with Gasteiger partial charge in [0.05, 0.1) is 18.3 Å². The lowest BCUT2D eigenvalue weighted by molar-refractivity contribution is 0.0748. The van der Waals surface area contributed by atoms with E-state index in [9.17, 15) is 14.4 Å². The number of fused-ring (bicyclic) bond motifs is 1. The first-order chi connectivity index (χ1) is 12.4. The Morgan fingerprint density at radius 1 is 1.42 bits per heavy atom. The molecule has 0 saturated carbocycles. The highest BCUT2D eigenvalue weighted by atomic mass is 32.1. The summed E-state index contributed by atoms with van der Waals surface area (Å²) in [6.45, 7) is 6.73. The number of carbonyl (C=O) groups is 1. The number of carbonyl (C=O) groups excluding carboxylic acids is 1. The van der Waals surface area contributed by atoms with Gasteiger partial charge in [0, 0.05) is 13.1 Å². The molecule has 3 heterocycles. The van der Waals surface area contributed by atoms with Crippen LogP contribution < -0.4 is 11.2 Å². The van der Waals surface area contributed by atoms with Gasteiger partial charge in [0.15, 0.2) is 5.52 Å². The van der Waals surface area contributed by atoms with Gasteiger partial charge in [-0.2, -0.15) is 4.37 Å². The van der Waals surface area contributed by atoms with E-state index in [1.54, 1.807) is 23.3 Å². The maximum Gasteiger partial charge on any atom is 0.328 e. The molecule has 0 saturated heterocycles. The average molecular weight is 376 g/mol. The number of furan rings is 1. The molecule has 0 radical (unpaired) electrons. The van der Waals surface area contributed by atoms with Crippen LogP contribution in [0.15, 0.2) is 32.4 Å². The molecule has 3 aromatic rings. The van der Waals surface area contributed by atoms with Crippen molar-refractivity contribution in [2.24, 2.45) is 5.92 Å². The molecule has 0 spiro atoms. The van der Waals surface area contributed by atoms with Crippen LogP contribution >= 0.6 is 11.5 Å². The molecule has 0 unspecified atom stereocenters. The first-order valence-electron chi connectivity index (χ1n) is 8.36. The van der Waals surface area contributed by atoms with Crippen molar-refractivity contribution in [3.63, 3.8) is 0 Å². The predicted octanol–water partition coefficient (Wildman–Crippen LogP) is 2.06. The maximum atomic E-state index is 12.9. The second-order valence-electron chi connectivity index (χ2n) is 6.37. The molecule has 0 fully saturated rings. The highest BCUT2D eigenvalue weighted by Crippen LogP contribution is 2.20. The van der Waals surface area contributed by atoms with Crippen LogP contribution in [0.4, 0.5) is 0 Å². The molecule has 0 aromatic carbocycles. The molecule has 8 nitrogen and oxygen atoms in total. The van der Waals surface area contributed by atoms with Crippen molar-refractivity contribution in [3.05, 3.63) is 49.9 Å². The quantitative estimate of drug-likeness (QED) is 0.709. The van der Waals surface area contributed by atoms with Gasteiger partial charge in [-0.1, -0.05) is 13.8 Å². The summed E-state index contributed by atoms with van der Waals surface area (Å²) in [5, 5.41) is 0. The summed E-state index contributed by atoms with van der Waals surface area (Å²) in [4.78, 5) is 42.2. The Hall–Kier alpha value is -2.68. The number of aromatic nitrogens is 3. The summed E-state index contributed by atoms with van der Waals surface area (Å²) in [6.07, 6.45) is 1.55. The van der Waals surface area contributed by atoms with Crippen LogP contribution in [0.25, 0.3) is 11.0 Å². The van der Waals surface area contributed by atoms with E-state index in [2.05, 4.69) is 9.36 Å². The van der Waals surface area contributed by atoms with Gasteiger partial charge in [0.2, 0.25) is 0 Å². The summed E-state index contributed by atoms with van der Waals surface area (Å²) < 4.78 is 10.6. The molecule has 3 aromatic heterocycles. The zero-order valence-corrected chi connectivity index (χ0v) is 15.6. The largest absolute Gasteiger partial charge is 0.467 e. The Labute approximate surface area is 153 Å². The van der Waals surface area contributed by atoms with E-state index < -0.39 is 11.2 Å². The minimum atomic E-state index is -0.528. The molecule has 0 aliphatic heterocycles. The fourth-order valence-corrected chi connectivity index (χ4v) is 3.48. The summed E-state index contributed by atoms with van der Waals surface area (Å²) in [7, 11) is 0. The third-order valence-electron chi connectivity index (χ3n) is 3.95. The molecule has 0 bridgehead atoms. The number of nitrogens with one attached hydrogen (secondary N) is 1. The number of aromatic amines is 1. The van der Waals surface area contributed by atoms with E-state index >= 15 is 0 Å². The lowest BCUT2D eigenvalue weighted by Gasteiger charge is -2.18. The lowest BCUT2D eigenvalue weighted by atomic mass is 10.2. The van der Waals surface area contributed by atoms with Crippen LogP contribution in [0.2, 0.25) is 0 Å². The fourth-order valence-electron chi connectivity index (χ4n) is 2.68. The van der Waals surface area contributed by atoms with Crippen molar-refractivity contribution in [1.82, 2.24) is 18.8 Å². The topological polar surface area (TPSA) is 101 Å². The molecule has 0 atom stereocenters. The van der Waals surface area contributed by atoms with Crippen LogP contribution in [-0.4, -0.2) is 31.3 Å². The van der Waals surface area contributed by atoms with Crippen molar-refractivity contribution in [2.75, 3.05) is 6.54 Å². The van der Waals surface area contributed by atoms with E-state index in [4.69, 9.17) is 4.42 Å². The van der Waals surface area contributed by atoms with E-state index in [-0.39, 0.29) is 27.7 Å². The molecule has 138 valence electrons. The lowest BCUT2D eigenvalue weighted by Crippen LogP contribution is -2.37. The maximum absolute atomic E-state index is 12.9. The monoisotopic (exact) mass is 376 g/mol. The van der Waals surface area contributed by atoms with Gasteiger partial charge in [-0.05, 0) is 36.5 Å². The first-order valence-corrected chi connectivity index (χ1v) is 9.13. The standard InChI is InChI=1S/C17H20N4O4S/c1-4-20(9-11-6-5-7-25-11)16(23)14-12-13(19-26-14)15(22)21(8-10(2)3)17(24)18-12/h5-7,10H,4,8-9H2,1-3H3,(H,18,24). The van der Waals surface area contributed by atoms with Crippen molar-refractivity contribution < 1.29 is 9.21 Å². The summed E-state index contributed by atoms with van der Waals surface area (Å²) in [5.74, 6) is 0.490. The second-order valence-corrected chi connectivity index (χ2v) is 7.15. The Morgan fingerprint density at radius 2 is 2.19 bits per heavy atom. The second kappa shape index (κ2) is 7.28. The van der Waals surface area contributed by atoms with Crippen molar-refractivity contribution in [2.45, 2.75) is 33.9 Å². The van der Waals surface area contributed by atoms with Gasteiger partial charge >= 0.3 is 5.69 Å². The van der Waals surface area contributed by atoms with Crippen LogP contribution in [0.5, 0.6) is 0 Å². The first kappa shape index (κ1) is 18.1. The van der Waals surface area contributed by atoms with E-state index in [0.29, 0.717) is 25.4 Å². The van der Waals surface area contributed by atoms with Gasteiger partial charge in [0.25, 0.3) is 11.5 Å². The number of nitrogens with zero attached hydrogens (tertiary/aromatic N) is 3. The number of hydrogen-bond acceptors (Lipinski definition) is 6. The van der Waals surface area contributed by atoms with Gasteiger partial charge in [-0.3, -0.25) is 14.2 Å². The number of hydrogen-bond donors (Lipinski definition) is 1. The Balaban J connectivity index is 2.01. The third-order valence-corrected chi connectivity index (χ3v) is 4.79. The van der Waals surface area contributed by atoms with E-state index in [1.807, 2.05) is 20.8 Å². The van der Waals surface area contributed by atoms with Gasteiger partial charge in [-0.15, -0.1) is 0 Å². The predicted molar refractivity (Wildman–Crippen MR) is 98.5 cm³/mol. The van der Waals surface area contributed by atoms with E-state index in [1.165, 1.54) is 0 Å². The Morgan fingerprint density at radius 3 is 2.81 bits per heavy atom. The molecule has 3 rings (SSSR count). The van der Waals surface area contributed by atoms with Crippen LogP contribution in [0, 0.1) is 5.92 Å². The van der Waals surface area contributed by atoms with Crippen molar-refractivity contribution >= 4 is 28.5 Å². The van der Waals surface area contributed by atoms with Crippen LogP contribution in [0.1, 0.15) is 36.2 Å². The molecule has 0 aliphatic carbocycles. The number of amides is 1. The molecular weight excluding hydrogens is 356 g/mol. The zero-order valence-electron chi connectivity index (χ0n) is 14.8. The zero-order chi connectivity index (χ0) is 18.8. The molecule has 9 heteroatoms. The molecular formula is C17H20N4O4S. The smallest absolute Gasteiger partial charge is 0.328 e. The minimum absolute atomic E-state index is 0.118. The van der Waals surface area contributed by atoms with Gasteiger partial charge in [0.1, 0.15) is 10.6 Å². The minimum Gasteiger partial charge on any atom is -0.467 e. The van der Waals surface area contributed by atoms with Gasteiger partial charge in [-0.25, -0.2) is 4.79 Å². The van der Waals surface area contributed by atoms with E-state index in [0.717, 1.165) is 16.1 Å². The summed E-state index contributed by atoms with van der Waals surface area (Å²) in [5.41, 5.74) is -0.679. The van der Waals surface area contributed by atoms with Crippen LogP contribution in [-0.2, 0) is 13.1 Å². The van der Waals surface area contributed by atoms with Gasteiger partial charge < -0.3 is 14.3 Å². The van der Waals surface area contributed by atoms with Crippen LogP contribution in [0.3, 0.4) is 0 Å². The van der Waals surface area contributed by atoms with Crippen molar-refractivity contribution in [3.8, 4) is 0 Å². The van der Waals surface area contributed by atoms with Crippen molar-refractivity contribution in [1.29, 1.82) is 0 Å². The third kappa shape index (κ3) is 3.34. The summed E-state index contributed by atoms with van der Waals surface area (Å²) >= 11 is 0.922. The Kier molecular flexibility index (Phi) is 5.08. The molecule has 1 amide bonds. The number of rotatable bonds is 6. The molecule has 0 aliphatic rings. The molecule has 26 heavy (non-hydrogen) atoms. The molecule has 1 N–H and O–H groups in total. The normalized spacial score (nSPS) is 11.4.